The van der Waals surface area contributed by atoms with E-state index in [4.69, 9.17) is 4.74 Å². The van der Waals surface area contributed by atoms with Crippen LogP contribution in [-0.4, -0.2) is 36.1 Å². The van der Waals surface area contributed by atoms with Crippen LogP contribution in [0.3, 0.4) is 0 Å². The van der Waals surface area contributed by atoms with E-state index in [-0.39, 0.29) is 0 Å². The predicted molar refractivity (Wildman–Crippen MR) is 82.5 cm³/mol. The molecule has 3 heterocycles. The zero-order chi connectivity index (χ0) is 14.3. The monoisotopic (exact) mass is 284 g/mol. The molecule has 1 N–H and O–H groups in total. The van der Waals surface area contributed by atoms with Crippen molar-refractivity contribution in [1.82, 2.24) is 15.3 Å². The Morgan fingerprint density at radius 2 is 2.19 bits per heavy atom. The molecule has 2 aromatic rings. The molecule has 3 rings (SSSR count). The third kappa shape index (κ3) is 3.92. The fourth-order valence-corrected chi connectivity index (χ4v) is 2.40. The van der Waals surface area contributed by atoms with Crippen molar-refractivity contribution >= 4 is 5.69 Å². The van der Waals surface area contributed by atoms with E-state index in [2.05, 4.69) is 26.3 Å². The van der Waals surface area contributed by atoms with Gasteiger partial charge in [0.15, 0.2) is 0 Å². The quantitative estimate of drug-likeness (QED) is 0.928. The van der Waals surface area contributed by atoms with Crippen LogP contribution in [0.5, 0.6) is 5.75 Å². The van der Waals surface area contributed by atoms with Crippen LogP contribution in [0.2, 0.25) is 0 Å². The number of pyridine rings is 2. The van der Waals surface area contributed by atoms with Crippen molar-refractivity contribution in [3.63, 3.8) is 0 Å². The third-order valence-electron chi connectivity index (χ3n) is 3.52. The standard InChI is InChI=1S/C16H20N4O/c1-2-6-19-14(4-1)13-21-16-10-15(11-18-12-16)20-8-3-5-17-7-9-20/h1-2,4,6,10-12,17H,3,5,7-9,13H2. The second-order valence-electron chi connectivity index (χ2n) is 5.08. The first-order chi connectivity index (χ1) is 10.4. The van der Waals surface area contributed by atoms with Crippen molar-refractivity contribution < 1.29 is 4.74 Å². The molecule has 0 radical (unpaired) electrons. The molecule has 0 amide bonds. The lowest BCUT2D eigenvalue weighted by atomic mass is 10.3. The molecule has 0 saturated carbocycles. The lowest BCUT2D eigenvalue weighted by Gasteiger charge is -2.22. The highest BCUT2D eigenvalue weighted by molar-refractivity contribution is 5.48. The van der Waals surface area contributed by atoms with Crippen LogP contribution in [0.15, 0.2) is 42.9 Å². The lowest BCUT2D eigenvalue weighted by Crippen LogP contribution is -2.27. The summed E-state index contributed by atoms with van der Waals surface area (Å²) >= 11 is 0. The molecular weight excluding hydrogens is 264 g/mol. The first kappa shape index (κ1) is 13.8. The van der Waals surface area contributed by atoms with E-state index in [0.717, 1.165) is 49.7 Å². The van der Waals surface area contributed by atoms with Crippen molar-refractivity contribution in [3.8, 4) is 5.75 Å². The van der Waals surface area contributed by atoms with Gasteiger partial charge in [-0.15, -0.1) is 0 Å². The zero-order valence-electron chi connectivity index (χ0n) is 12.0. The molecular formula is C16H20N4O. The van der Waals surface area contributed by atoms with Gasteiger partial charge in [-0.2, -0.15) is 0 Å². The van der Waals surface area contributed by atoms with Gasteiger partial charge in [0.2, 0.25) is 0 Å². The van der Waals surface area contributed by atoms with Crippen LogP contribution in [0.4, 0.5) is 5.69 Å². The topological polar surface area (TPSA) is 50.3 Å². The minimum absolute atomic E-state index is 0.466. The van der Waals surface area contributed by atoms with Gasteiger partial charge in [-0.1, -0.05) is 6.07 Å². The summed E-state index contributed by atoms with van der Waals surface area (Å²) in [6.07, 6.45) is 6.58. The predicted octanol–water partition coefficient (Wildman–Crippen LogP) is 1.86. The molecule has 1 fully saturated rings. The first-order valence-electron chi connectivity index (χ1n) is 7.35. The Labute approximate surface area is 125 Å². The molecule has 0 aromatic carbocycles. The molecule has 5 nitrogen and oxygen atoms in total. The maximum absolute atomic E-state index is 5.79. The van der Waals surface area contributed by atoms with E-state index in [9.17, 15) is 0 Å². The highest BCUT2D eigenvalue weighted by Gasteiger charge is 2.10. The zero-order valence-corrected chi connectivity index (χ0v) is 12.0. The van der Waals surface area contributed by atoms with Gasteiger partial charge in [0, 0.05) is 31.9 Å². The smallest absolute Gasteiger partial charge is 0.140 e. The number of nitrogens with zero attached hydrogens (tertiary/aromatic N) is 3. The van der Waals surface area contributed by atoms with E-state index in [0.29, 0.717) is 6.61 Å². The van der Waals surface area contributed by atoms with E-state index in [1.165, 1.54) is 0 Å². The van der Waals surface area contributed by atoms with E-state index in [1.54, 1.807) is 12.4 Å². The van der Waals surface area contributed by atoms with E-state index < -0.39 is 0 Å². The second-order valence-corrected chi connectivity index (χ2v) is 5.08. The largest absolute Gasteiger partial charge is 0.486 e. The number of anilines is 1. The van der Waals surface area contributed by atoms with Crippen LogP contribution in [0.25, 0.3) is 0 Å². The summed E-state index contributed by atoms with van der Waals surface area (Å²) in [4.78, 5) is 10.9. The van der Waals surface area contributed by atoms with Crippen LogP contribution in [0, 0.1) is 0 Å². The van der Waals surface area contributed by atoms with Crippen molar-refractivity contribution in [1.29, 1.82) is 0 Å². The van der Waals surface area contributed by atoms with Gasteiger partial charge >= 0.3 is 0 Å². The number of hydrogen-bond donors (Lipinski definition) is 1. The number of hydrogen-bond acceptors (Lipinski definition) is 5. The highest BCUT2D eigenvalue weighted by atomic mass is 16.5. The molecule has 2 aromatic heterocycles. The number of nitrogens with one attached hydrogen (secondary N) is 1. The molecule has 21 heavy (non-hydrogen) atoms. The van der Waals surface area contributed by atoms with Crippen LogP contribution in [0.1, 0.15) is 12.1 Å². The Kier molecular flexibility index (Phi) is 4.63. The molecule has 0 atom stereocenters. The summed E-state index contributed by atoms with van der Waals surface area (Å²) in [5, 5.41) is 3.41. The van der Waals surface area contributed by atoms with Crippen molar-refractivity contribution in [2.45, 2.75) is 13.0 Å². The van der Waals surface area contributed by atoms with Crippen molar-refractivity contribution in [2.24, 2.45) is 0 Å². The molecule has 5 heteroatoms. The van der Waals surface area contributed by atoms with E-state index >= 15 is 0 Å². The van der Waals surface area contributed by atoms with Gasteiger partial charge in [-0.05, 0) is 25.1 Å². The first-order valence-corrected chi connectivity index (χ1v) is 7.35. The molecule has 0 aliphatic carbocycles. The van der Waals surface area contributed by atoms with Gasteiger partial charge in [0.05, 0.1) is 23.8 Å². The summed E-state index contributed by atoms with van der Waals surface area (Å²) < 4.78 is 5.79. The molecule has 0 unspecified atom stereocenters. The van der Waals surface area contributed by atoms with Gasteiger partial charge in [-0.25, -0.2) is 0 Å². The number of aromatic nitrogens is 2. The molecule has 0 bridgehead atoms. The molecule has 110 valence electrons. The Morgan fingerprint density at radius 3 is 3.10 bits per heavy atom. The Balaban J connectivity index is 1.65. The van der Waals surface area contributed by atoms with Crippen LogP contribution >= 0.6 is 0 Å². The highest BCUT2D eigenvalue weighted by Crippen LogP contribution is 2.20. The SMILES string of the molecule is c1ccc(COc2cncc(N3CCCNCC3)c2)nc1. The second kappa shape index (κ2) is 7.04. The summed E-state index contributed by atoms with van der Waals surface area (Å²) in [6.45, 7) is 4.62. The molecule has 1 aliphatic rings. The normalized spacial score (nSPS) is 15.5. The third-order valence-corrected chi connectivity index (χ3v) is 3.52. The minimum Gasteiger partial charge on any atom is -0.486 e. The minimum atomic E-state index is 0.466. The van der Waals surface area contributed by atoms with Crippen LogP contribution in [-0.2, 0) is 6.61 Å². The molecule has 1 saturated heterocycles. The van der Waals surface area contributed by atoms with Crippen molar-refractivity contribution in [2.75, 3.05) is 31.1 Å². The maximum Gasteiger partial charge on any atom is 0.140 e. The van der Waals surface area contributed by atoms with Gasteiger partial charge < -0.3 is 15.0 Å². The maximum atomic E-state index is 5.79. The summed E-state index contributed by atoms with van der Waals surface area (Å²) in [6, 6.07) is 7.88. The lowest BCUT2D eigenvalue weighted by molar-refractivity contribution is 0.300. The Morgan fingerprint density at radius 1 is 1.19 bits per heavy atom. The van der Waals surface area contributed by atoms with E-state index in [1.807, 2.05) is 24.4 Å². The average Bonchev–Trinajstić information content (AvgIpc) is 2.83. The molecule has 1 aliphatic heterocycles. The number of rotatable bonds is 4. The summed E-state index contributed by atoms with van der Waals surface area (Å²) in [7, 11) is 0. The summed E-state index contributed by atoms with van der Waals surface area (Å²) in [5.41, 5.74) is 2.04. The van der Waals surface area contributed by atoms with Gasteiger partial charge in [0.1, 0.15) is 12.4 Å². The molecule has 0 spiro atoms. The fourth-order valence-electron chi connectivity index (χ4n) is 2.40. The number of ether oxygens (including phenoxy) is 1. The van der Waals surface area contributed by atoms with Crippen molar-refractivity contribution in [3.05, 3.63) is 48.5 Å². The van der Waals surface area contributed by atoms with Gasteiger partial charge in [0.25, 0.3) is 0 Å². The van der Waals surface area contributed by atoms with Crippen LogP contribution < -0.4 is 15.0 Å². The van der Waals surface area contributed by atoms with Gasteiger partial charge in [-0.3, -0.25) is 9.97 Å². The fraction of sp³-hybridized carbons (Fsp3) is 0.375. The summed E-state index contributed by atoms with van der Waals surface area (Å²) in [5.74, 6) is 0.787. The Hall–Kier alpha value is -2.14. The Bertz CT molecular complexity index is 553. The average molecular weight is 284 g/mol.